The molecule has 0 spiro atoms. The Morgan fingerprint density at radius 3 is 2.64 bits per heavy atom. The number of aromatic nitrogens is 2. The van der Waals surface area contributed by atoms with Gasteiger partial charge in [0.15, 0.2) is 5.69 Å². The number of hydrogen-bond donors (Lipinski definition) is 1. The molecule has 0 unspecified atom stereocenters. The van der Waals surface area contributed by atoms with Gasteiger partial charge in [-0.05, 0) is 51.3 Å². The Hall–Kier alpha value is -3.23. The van der Waals surface area contributed by atoms with E-state index in [-0.39, 0.29) is 42.2 Å². The van der Waals surface area contributed by atoms with Gasteiger partial charge in [-0.2, -0.15) is 5.10 Å². The molecule has 4 rings (SSSR count). The van der Waals surface area contributed by atoms with Gasteiger partial charge in [-0.1, -0.05) is 25.3 Å². The second kappa shape index (κ2) is 8.96. The van der Waals surface area contributed by atoms with Crippen LogP contribution in [0.4, 0.5) is 10.1 Å². The highest BCUT2D eigenvalue weighted by molar-refractivity contribution is 6.12. The predicted octanol–water partition coefficient (Wildman–Crippen LogP) is 3.38. The first-order chi connectivity index (χ1) is 15.7. The van der Waals surface area contributed by atoms with Crippen LogP contribution in [0.1, 0.15) is 72.5 Å². The Morgan fingerprint density at radius 1 is 1.24 bits per heavy atom. The minimum Gasteiger partial charge on any atom is -0.461 e. The lowest BCUT2D eigenvalue weighted by molar-refractivity contribution is -0.127. The van der Waals surface area contributed by atoms with Crippen LogP contribution < -0.4 is 10.2 Å². The number of carbonyl (C=O) groups is 3. The van der Waals surface area contributed by atoms with Crippen LogP contribution in [0.15, 0.2) is 24.3 Å². The van der Waals surface area contributed by atoms with Crippen molar-refractivity contribution in [3.05, 3.63) is 47.0 Å². The summed E-state index contributed by atoms with van der Waals surface area (Å²) in [6, 6.07) is 5.85. The van der Waals surface area contributed by atoms with Crippen LogP contribution in [0.3, 0.4) is 0 Å². The molecular weight excluding hydrogens is 427 g/mol. The monoisotopic (exact) mass is 456 g/mol. The molecule has 2 aliphatic rings. The van der Waals surface area contributed by atoms with Crippen molar-refractivity contribution >= 4 is 23.5 Å². The summed E-state index contributed by atoms with van der Waals surface area (Å²) in [4.78, 5) is 40.7. The molecule has 33 heavy (non-hydrogen) atoms. The number of esters is 1. The molecule has 8 nitrogen and oxygen atoms in total. The fraction of sp³-hybridized carbons (Fsp3) is 0.500. The molecule has 1 aliphatic carbocycles. The molecule has 0 radical (unpaired) electrons. The maximum atomic E-state index is 14.5. The summed E-state index contributed by atoms with van der Waals surface area (Å²) in [6.45, 7) is 5.15. The van der Waals surface area contributed by atoms with Crippen LogP contribution in [0, 0.1) is 12.7 Å². The number of hydrogen-bond acceptors (Lipinski definition) is 5. The van der Waals surface area contributed by atoms with Crippen LogP contribution in [0.5, 0.6) is 0 Å². The van der Waals surface area contributed by atoms with Crippen molar-refractivity contribution in [2.75, 3.05) is 11.5 Å². The number of rotatable bonds is 5. The quantitative estimate of drug-likeness (QED) is 0.697. The van der Waals surface area contributed by atoms with E-state index in [0.29, 0.717) is 5.56 Å². The summed E-state index contributed by atoms with van der Waals surface area (Å²) in [5.74, 6) is -1.98. The zero-order valence-corrected chi connectivity index (χ0v) is 19.2. The fourth-order valence-electron chi connectivity index (χ4n) is 4.60. The minimum absolute atomic E-state index is 0.00725. The number of ether oxygens (including phenoxy) is 1. The van der Waals surface area contributed by atoms with Crippen LogP contribution in [-0.4, -0.2) is 45.8 Å². The third kappa shape index (κ3) is 4.24. The number of anilines is 1. The SMILES string of the molecule is CCOC(=O)c1cc2n(n1)C[C@](C)(C(=O)NC1CCCCC1)N(c1ccc(C)c(F)c1)C2=O. The van der Waals surface area contributed by atoms with Crippen molar-refractivity contribution in [2.45, 2.75) is 71.0 Å². The van der Waals surface area contributed by atoms with Gasteiger partial charge < -0.3 is 10.1 Å². The molecule has 2 aromatic rings. The standard InChI is InChI=1S/C24H29FN4O4/c1-4-33-22(31)19-13-20-21(30)29(17-11-10-15(2)18(25)12-17)24(3,14-28(20)27-19)23(32)26-16-8-6-5-7-9-16/h10-13,16H,4-9,14H2,1-3H3,(H,26,32)/t24-/m1/s1. The first kappa shape index (κ1) is 22.9. The number of carbonyl (C=O) groups excluding carboxylic acids is 3. The van der Waals surface area contributed by atoms with Crippen LogP contribution >= 0.6 is 0 Å². The number of nitrogens with one attached hydrogen (secondary N) is 1. The fourth-order valence-corrected chi connectivity index (χ4v) is 4.60. The van der Waals surface area contributed by atoms with Crippen LogP contribution in [0.2, 0.25) is 0 Å². The van der Waals surface area contributed by atoms with Gasteiger partial charge in [0.25, 0.3) is 5.91 Å². The second-order valence-electron chi connectivity index (χ2n) is 8.95. The van der Waals surface area contributed by atoms with E-state index in [9.17, 15) is 18.8 Å². The maximum absolute atomic E-state index is 14.5. The van der Waals surface area contributed by atoms with Gasteiger partial charge in [-0.25, -0.2) is 9.18 Å². The minimum atomic E-state index is -1.37. The van der Waals surface area contributed by atoms with E-state index in [2.05, 4.69) is 10.4 Å². The zero-order valence-electron chi connectivity index (χ0n) is 19.2. The summed E-state index contributed by atoms with van der Waals surface area (Å²) in [7, 11) is 0. The van der Waals surface area contributed by atoms with E-state index in [1.165, 1.54) is 21.7 Å². The van der Waals surface area contributed by atoms with Crippen molar-refractivity contribution in [3.8, 4) is 0 Å². The molecule has 1 aliphatic heterocycles. The molecular formula is C24H29FN4O4. The summed E-state index contributed by atoms with van der Waals surface area (Å²) >= 11 is 0. The van der Waals surface area contributed by atoms with Crippen molar-refractivity contribution in [2.24, 2.45) is 0 Å². The van der Waals surface area contributed by atoms with Crippen molar-refractivity contribution in [1.29, 1.82) is 0 Å². The first-order valence-corrected chi connectivity index (χ1v) is 11.4. The smallest absolute Gasteiger partial charge is 0.358 e. The number of fused-ring (bicyclic) bond motifs is 1. The van der Waals surface area contributed by atoms with Crippen LogP contribution in [0.25, 0.3) is 0 Å². The van der Waals surface area contributed by atoms with Gasteiger partial charge in [0.1, 0.15) is 17.1 Å². The van der Waals surface area contributed by atoms with E-state index in [1.54, 1.807) is 32.9 Å². The number of aryl methyl sites for hydroxylation is 1. The number of amides is 2. The second-order valence-corrected chi connectivity index (χ2v) is 8.95. The molecule has 1 aromatic carbocycles. The van der Waals surface area contributed by atoms with E-state index < -0.39 is 23.2 Å². The van der Waals surface area contributed by atoms with Gasteiger partial charge in [-0.15, -0.1) is 0 Å². The van der Waals surface area contributed by atoms with Crippen molar-refractivity contribution in [1.82, 2.24) is 15.1 Å². The maximum Gasteiger partial charge on any atom is 0.358 e. The number of nitrogens with zero attached hydrogens (tertiary/aromatic N) is 3. The van der Waals surface area contributed by atoms with Gasteiger partial charge in [0, 0.05) is 17.8 Å². The lowest BCUT2D eigenvalue weighted by Crippen LogP contribution is -2.65. The molecule has 1 N–H and O–H groups in total. The van der Waals surface area contributed by atoms with E-state index in [4.69, 9.17) is 4.74 Å². The van der Waals surface area contributed by atoms with Crippen molar-refractivity contribution < 1.29 is 23.5 Å². The van der Waals surface area contributed by atoms with Gasteiger partial charge >= 0.3 is 5.97 Å². The van der Waals surface area contributed by atoms with Gasteiger partial charge in [0.05, 0.1) is 13.2 Å². The highest BCUT2D eigenvalue weighted by Crippen LogP contribution is 2.34. The molecule has 176 valence electrons. The summed E-state index contributed by atoms with van der Waals surface area (Å²) in [6.07, 6.45) is 4.99. The van der Waals surface area contributed by atoms with Gasteiger partial charge in [0.2, 0.25) is 5.91 Å². The number of halogens is 1. The Kier molecular flexibility index (Phi) is 6.23. The van der Waals surface area contributed by atoms with Crippen LogP contribution in [-0.2, 0) is 16.1 Å². The zero-order chi connectivity index (χ0) is 23.8. The molecule has 9 heteroatoms. The molecule has 1 aromatic heterocycles. The molecule has 1 atom stereocenters. The normalized spacial score (nSPS) is 21.0. The Balaban J connectivity index is 1.76. The largest absolute Gasteiger partial charge is 0.461 e. The lowest BCUT2D eigenvalue weighted by Gasteiger charge is -2.44. The average Bonchev–Trinajstić information content (AvgIpc) is 3.21. The first-order valence-electron chi connectivity index (χ1n) is 11.4. The third-order valence-corrected chi connectivity index (χ3v) is 6.48. The Bertz CT molecular complexity index is 1090. The molecule has 1 saturated carbocycles. The van der Waals surface area contributed by atoms with Gasteiger partial charge in [-0.3, -0.25) is 19.2 Å². The summed E-state index contributed by atoms with van der Waals surface area (Å²) in [5, 5.41) is 7.34. The molecule has 1 fully saturated rings. The van der Waals surface area contributed by atoms with Crippen molar-refractivity contribution in [3.63, 3.8) is 0 Å². The van der Waals surface area contributed by atoms with E-state index >= 15 is 0 Å². The Labute approximate surface area is 192 Å². The highest BCUT2D eigenvalue weighted by Gasteiger charge is 2.49. The molecule has 0 saturated heterocycles. The van der Waals surface area contributed by atoms with E-state index in [0.717, 1.165) is 32.1 Å². The average molecular weight is 457 g/mol. The topological polar surface area (TPSA) is 93.5 Å². The Morgan fingerprint density at radius 2 is 1.97 bits per heavy atom. The van der Waals surface area contributed by atoms with E-state index in [1.807, 2.05) is 0 Å². The predicted molar refractivity (Wildman–Crippen MR) is 120 cm³/mol. The summed E-state index contributed by atoms with van der Waals surface area (Å²) in [5.41, 5.74) is -0.531. The molecule has 2 heterocycles. The third-order valence-electron chi connectivity index (χ3n) is 6.48. The summed E-state index contributed by atoms with van der Waals surface area (Å²) < 4.78 is 20.8. The number of benzene rings is 1. The highest BCUT2D eigenvalue weighted by atomic mass is 19.1. The molecule has 2 amide bonds. The molecule has 0 bridgehead atoms. The lowest BCUT2D eigenvalue weighted by atomic mass is 9.91.